The number of hydrogen-bond acceptors (Lipinski definition) is 4. The van der Waals surface area contributed by atoms with Crippen LogP contribution in [-0.2, 0) is 0 Å². The highest BCUT2D eigenvalue weighted by Gasteiger charge is 2.27. The topological polar surface area (TPSA) is 79.3 Å². The Morgan fingerprint density at radius 1 is 1.47 bits per heavy atom. The molecule has 1 saturated carbocycles. The number of thioether (sulfide) groups is 1. The van der Waals surface area contributed by atoms with Crippen LogP contribution >= 0.6 is 11.8 Å². The van der Waals surface area contributed by atoms with Crippen molar-refractivity contribution < 1.29 is 14.7 Å². The SMILES string of the molecule is CSC1CCC(NC(=O)c2ncccc2C(=O)O)C1. The molecule has 1 aliphatic carbocycles. The van der Waals surface area contributed by atoms with E-state index in [4.69, 9.17) is 5.11 Å². The second-order valence-electron chi connectivity index (χ2n) is 4.55. The largest absolute Gasteiger partial charge is 0.478 e. The van der Waals surface area contributed by atoms with E-state index in [-0.39, 0.29) is 17.3 Å². The van der Waals surface area contributed by atoms with Crippen LogP contribution in [0.2, 0.25) is 0 Å². The minimum absolute atomic E-state index is 0.0115. The first-order valence-corrected chi connectivity index (χ1v) is 7.42. The molecule has 102 valence electrons. The molecule has 2 unspecified atom stereocenters. The Bertz CT molecular complexity index is 493. The van der Waals surface area contributed by atoms with Crippen LogP contribution in [0.5, 0.6) is 0 Å². The van der Waals surface area contributed by atoms with Crippen molar-refractivity contribution in [3.63, 3.8) is 0 Å². The van der Waals surface area contributed by atoms with Gasteiger partial charge in [0.15, 0.2) is 0 Å². The number of carbonyl (C=O) groups excluding carboxylic acids is 1. The van der Waals surface area contributed by atoms with E-state index >= 15 is 0 Å². The smallest absolute Gasteiger partial charge is 0.338 e. The van der Waals surface area contributed by atoms with Gasteiger partial charge >= 0.3 is 5.97 Å². The quantitative estimate of drug-likeness (QED) is 0.879. The molecule has 0 aliphatic heterocycles. The molecule has 1 fully saturated rings. The average Bonchev–Trinajstić information content (AvgIpc) is 2.86. The molecular formula is C13H16N2O3S. The van der Waals surface area contributed by atoms with Crippen LogP contribution < -0.4 is 5.32 Å². The molecule has 0 radical (unpaired) electrons. The molecular weight excluding hydrogens is 264 g/mol. The summed E-state index contributed by atoms with van der Waals surface area (Å²) in [5.41, 5.74) is -0.0676. The van der Waals surface area contributed by atoms with Crippen LogP contribution in [0.3, 0.4) is 0 Å². The van der Waals surface area contributed by atoms with Gasteiger partial charge in [-0.1, -0.05) is 0 Å². The third kappa shape index (κ3) is 3.26. The lowest BCUT2D eigenvalue weighted by Gasteiger charge is -2.13. The van der Waals surface area contributed by atoms with E-state index in [2.05, 4.69) is 16.6 Å². The van der Waals surface area contributed by atoms with Gasteiger partial charge in [-0.2, -0.15) is 11.8 Å². The van der Waals surface area contributed by atoms with Crippen molar-refractivity contribution in [1.82, 2.24) is 10.3 Å². The zero-order chi connectivity index (χ0) is 13.8. The molecule has 2 N–H and O–H groups in total. The molecule has 0 aromatic carbocycles. The maximum Gasteiger partial charge on any atom is 0.338 e. The van der Waals surface area contributed by atoms with Crippen molar-refractivity contribution >= 4 is 23.6 Å². The van der Waals surface area contributed by atoms with Crippen molar-refractivity contribution in [3.05, 3.63) is 29.6 Å². The van der Waals surface area contributed by atoms with E-state index in [1.165, 1.54) is 18.3 Å². The highest BCUT2D eigenvalue weighted by Crippen LogP contribution is 2.28. The van der Waals surface area contributed by atoms with Crippen LogP contribution in [0.4, 0.5) is 0 Å². The number of carboxylic acids is 1. The number of pyridine rings is 1. The molecule has 1 aromatic heterocycles. The third-order valence-electron chi connectivity index (χ3n) is 3.31. The molecule has 5 nitrogen and oxygen atoms in total. The summed E-state index contributed by atoms with van der Waals surface area (Å²) in [6.07, 6.45) is 6.45. The number of nitrogens with one attached hydrogen (secondary N) is 1. The molecule has 1 amide bonds. The zero-order valence-electron chi connectivity index (χ0n) is 10.6. The summed E-state index contributed by atoms with van der Waals surface area (Å²) in [7, 11) is 0. The second-order valence-corrected chi connectivity index (χ2v) is 5.68. The first-order chi connectivity index (χ1) is 9.11. The molecule has 0 bridgehead atoms. The predicted octanol–water partition coefficient (Wildman–Crippen LogP) is 1.79. The van der Waals surface area contributed by atoms with Gasteiger partial charge in [-0.3, -0.25) is 9.78 Å². The summed E-state index contributed by atoms with van der Waals surface area (Å²) in [5, 5.41) is 12.5. The van der Waals surface area contributed by atoms with Gasteiger partial charge in [0, 0.05) is 17.5 Å². The fourth-order valence-electron chi connectivity index (χ4n) is 2.30. The highest BCUT2D eigenvalue weighted by atomic mass is 32.2. The number of aromatic nitrogens is 1. The first kappa shape index (κ1) is 13.9. The molecule has 6 heteroatoms. The van der Waals surface area contributed by atoms with Crippen LogP contribution in [0, 0.1) is 0 Å². The minimum Gasteiger partial charge on any atom is -0.478 e. The summed E-state index contributed by atoms with van der Waals surface area (Å²) in [6, 6.07) is 3.02. The summed E-state index contributed by atoms with van der Waals surface area (Å²) in [5.74, 6) is -1.53. The van der Waals surface area contributed by atoms with Gasteiger partial charge in [0.1, 0.15) is 5.69 Å². The van der Waals surface area contributed by atoms with Gasteiger partial charge in [0.05, 0.1) is 5.56 Å². The number of aromatic carboxylic acids is 1. The van der Waals surface area contributed by atoms with E-state index in [0.717, 1.165) is 19.3 Å². The zero-order valence-corrected chi connectivity index (χ0v) is 11.4. The van der Waals surface area contributed by atoms with E-state index in [1.54, 1.807) is 11.8 Å². The van der Waals surface area contributed by atoms with Gasteiger partial charge < -0.3 is 10.4 Å². The van der Waals surface area contributed by atoms with Crippen molar-refractivity contribution in [2.75, 3.05) is 6.26 Å². The number of carbonyl (C=O) groups is 2. The molecule has 19 heavy (non-hydrogen) atoms. The first-order valence-electron chi connectivity index (χ1n) is 6.13. The summed E-state index contributed by atoms with van der Waals surface area (Å²) < 4.78 is 0. The standard InChI is InChI=1S/C13H16N2O3S/c1-19-9-5-4-8(7-9)15-12(16)11-10(13(17)18)3-2-6-14-11/h2-3,6,8-9H,4-5,7H2,1H3,(H,15,16)(H,17,18). The second kappa shape index (κ2) is 6.06. The Hall–Kier alpha value is -1.56. The lowest BCUT2D eigenvalue weighted by atomic mass is 10.1. The van der Waals surface area contributed by atoms with Crippen molar-refractivity contribution in [2.24, 2.45) is 0 Å². The van der Waals surface area contributed by atoms with Crippen LogP contribution in [-0.4, -0.2) is 39.5 Å². The average molecular weight is 280 g/mol. The number of hydrogen-bond donors (Lipinski definition) is 2. The minimum atomic E-state index is -1.13. The maximum atomic E-state index is 12.1. The Kier molecular flexibility index (Phi) is 4.42. The van der Waals surface area contributed by atoms with E-state index in [9.17, 15) is 9.59 Å². The van der Waals surface area contributed by atoms with Crippen molar-refractivity contribution in [3.8, 4) is 0 Å². The lowest BCUT2D eigenvalue weighted by Crippen LogP contribution is -2.34. The Labute approximate surface area is 115 Å². The fraction of sp³-hybridized carbons (Fsp3) is 0.462. The Morgan fingerprint density at radius 3 is 2.89 bits per heavy atom. The number of rotatable bonds is 4. The molecule has 1 aromatic rings. The molecule has 0 saturated heterocycles. The lowest BCUT2D eigenvalue weighted by molar-refractivity contribution is 0.0689. The van der Waals surface area contributed by atoms with Gasteiger partial charge in [-0.15, -0.1) is 0 Å². The molecule has 2 atom stereocenters. The van der Waals surface area contributed by atoms with Gasteiger partial charge in [0.2, 0.25) is 0 Å². The van der Waals surface area contributed by atoms with Gasteiger partial charge in [-0.05, 0) is 37.7 Å². The van der Waals surface area contributed by atoms with Gasteiger partial charge in [0.25, 0.3) is 5.91 Å². The van der Waals surface area contributed by atoms with E-state index in [0.29, 0.717) is 5.25 Å². The van der Waals surface area contributed by atoms with E-state index in [1.807, 2.05) is 0 Å². The van der Waals surface area contributed by atoms with Gasteiger partial charge in [-0.25, -0.2) is 4.79 Å². The molecule has 1 heterocycles. The van der Waals surface area contributed by atoms with Crippen LogP contribution in [0.15, 0.2) is 18.3 Å². The van der Waals surface area contributed by atoms with Crippen molar-refractivity contribution in [2.45, 2.75) is 30.6 Å². The fourth-order valence-corrected chi connectivity index (χ4v) is 3.09. The summed E-state index contributed by atoms with van der Waals surface area (Å²) in [4.78, 5) is 27.0. The normalized spacial score (nSPS) is 22.2. The monoisotopic (exact) mass is 280 g/mol. The van der Waals surface area contributed by atoms with Crippen LogP contribution in [0.1, 0.15) is 40.1 Å². The third-order valence-corrected chi connectivity index (χ3v) is 4.40. The Morgan fingerprint density at radius 2 is 2.26 bits per heavy atom. The van der Waals surface area contributed by atoms with E-state index < -0.39 is 11.9 Å². The van der Waals surface area contributed by atoms with Crippen LogP contribution in [0.25, 0.3) is 0 Å². The molecule has 1 aliphatic rings. The predicted molar refractivity (Wildman–Crippen MR) is 73.6 cm³/mol. The number of carboxylic acid groups (broad SMARTS) is 1. The number of nitrogens with zero attached hydrogens (tertiary/aromatic N) is 1. The Balaban J connectivity index is 2.06. The highest BCUT2D eigenvalue weighted by molar-refractivity contribution is 7.99. The number of amides is 1. The van der Waals surface area contributed by atoms with Crippen molar-refractivity contribution in [1.29, 1.82) is 0 Å². The molecule has 2 rings (SSSR count). The maximum absolute atomic E-state index is 12.1. The summed E-state index contributed by atoms with van der Waals surface area (Å²) >= 11 is 1.81. The summed E-state index contributed by atoms with van der Waals surface area (Å²) in [6.45, 7) is 0. The molecule has 0 spiro atoms.